The second-order valence-electron chi connectivity index (χ2n) is 5.35. The van der Waals surface area contributed by atoms with Gasteiger partial charge in [-0.15, -0.1) is 0 Å². The van der Waals surface area contributed by atoms with Crippen LogP contribution in [0.15, 0.2) is 39.2 Å². The van der Waals surface area contributed by atoms with Crippen molar-refractivity contribution in [3.8, 4) is 5.75 Å². The Bertz CT molecular complexity index is 904. The van der Waals surface area contributed by atoms with Gasteiger partial charge in [0.05, 0.1) is 10.0 Å². The summed E-state index contributed by atoms with van der Waals surface area (Å²) in [5.74, 6) is -0.0501. The smallest absolute Gasteiger partial charge is 0.197 e. The van der Waals surface area contributed by atoms with Crippen LogP contribution in [0.2, 0.25) is 0 Å². The first-order valence-corrected chi connectivity index (χ1v) is 7.96. The van der Waals surface area contributed by atoms with Gasteiger partial charge in [0, 0.05) is 17.4 Å². The number of fused-ring (bicyclic) bond motifs is 1. The van der Waals surface area contributed by atoms with E-state index in [1.165, 1.54) is 18.2 Å². The maximum absolute atomic E-state index is 13.6. The number of ketones is 1. The number of benzene rings is 2. The number of phenolic OH excluding ortho intramolecular Hbond substituents is 1. The fourth-order valence-electron chi connectivity index (χ4n) is 2.63. The van der Waals surface area contributed by atoms with Crippen molar-refractivity contribution in [2.45, 2.75) is 20.3 Å². The second-order valence-corrected chi connectivity index (χ2v) is 6.20. The van der Waals surface area contributed by atoms with Crippen molar-refractivity contribution in [1.29, 1.82) is 0 Å². The van der Waals surface area contributed by atoms with Crippen molar-refractivity contribution in [2.24, 2.45) is 0 Å². The molecule has 0 spiro atoms. The van der Waals surface area contributed by atoms with Gasteiger partial charge in [-0.3, -0.25) is 4.79 Å². The van der Waals surface area contributed by atoms with Crippen LogP contribution in [-0.4, -0.2) is 10.9 Å². The third-order valence-corrected chi connectivity index (χ3v) is 4.39. The number of halogens is 2. The highest BCUT2D eigenvalue weighted by molar-refractivity contribution is 9.10. The van der Waals surface area contributed by atoms with Gasteiger partial charge >= 0.3 is 0 Å². The van der Waals surface area contributed by atoms with Gasteiger partial charge in [0.2, 0.25) is 0 Å². The average Bonchev–Trinajstić information content (AvgIpc) is 2.89. The minimum Gasteiger partial charge on any atom is -0.506 e. The van der Waals surface area contributed by atoms with Crippen LogP contribution in [0.1, 0.15) is 34.2 Å². The second kappa shape index (κ2) is 5.81. The molecule has 0 amide bonds. The lowest BCUT2D eigenvalue weighted by Crippen LogP contribution is -2.04. The number of carbonyl (C=O) groups excluding carboxylic acids is 1. The van der Waals surface area contributed by atoms with Gasteiger partial charge in [-0.2, -0.15) is 0 Å². The number of hydrogen-bond donors (Lipinski definition) is 1. The minimum absolute atomic E-state index is 0.0976. The summed E-state index contributed by atoms with van der Waals surface area (Å²) < 4.78 is 19.7. The molecule has 1 aromatic heterocycles. The molecule has 3 nitrogen and oxygen atoms in total. The van der Waals surface area contributed by atoms with Crippen LogP contribution in [-0.2, 0) is 6.42 Å². The van der Waals surface area contributed by atoms with Crippen LogP contribution >= 0.6 is 15.9 Å². The van der Waals surface area contributed by atoms with Crippen LogP contribution in [0.3, 0.4) is 0 Å². The Morgan fingerprint density at radius 1 is 1.30 bits per heavy atom. The first-order valence-electron chi connectivity index (χ1n) is 7.17. The maximum atomic E-state index is 13.6. The van der Waals surface area contributed by atoms with Crippen molar-refractivity contribution < 1.29 is 18.7 Å². The Morgan fingerprint density at radius 2 is 2.04 bits per heavy atom. The number of carbonyl (C=O) groups is 1. The van der Waals surface area contributed by atoms with Gasteiger partial charge in [-0.1, -0.05) is 6.92 Å². The molecule has 3 rings (SSSR count). The zero-order valence-corrected chi connectivity index (χ0v) is 14.2. The lowest BCUT2D eigenvalue weighted by Gasteiger charge is -2.07. The molecule has 1 N–H and O–H groups in total. The van der Waals surface area contributed by atoms with E-state index >= 15 is 0 Å². The summed E-state index contributed by atoms with van der Waals surface area (Å²) >= 11 is 3.24. The minimum atomic E-state index is -0.418. The summed E-state index contributed by atoms with van der Waals surface area (Å²) in [7, 11) is 0. The van der Waals surface area contributed by atoms with E-state index in [9.17, 15) is 14.3 Å². The molecule has 1 heterocycles. The standard InChI is InChI=1S/C18H14BrFO3/c1-3-14-16(12-8-11(20)4-5-15(12)23-14)18(22)10-6-9(2)17(21)13(19)7-10/h4-8,21H,3H2,1-2H3. The van der Waals surface area contributed by atoms with Gasteiger partial charge in [-0.25, -0.2) is 4.39 Å². The highest BCUT2D eigenvalue weighted by atomic mass is 79.9. The van der Waals surface area contributed by atoms with Crippen molar-refractivity contribution in [3.05, 3.63) is 63.1 Å². The highest BCUT2D eigenvalue weighted by Gasteiger charge is 2.22. The van der Waals surface area contributed by atoms with Gasteiger partial charge in [0.25, 0.3) is 0 Å². The van der Waals surface area contributed by atoms with Crippen LogP contribution in [0.5, 0.6) is 5.75 Å². The average molecular weight is 377 g/mol. The fourth-order valence-corrected chi connectivity index (χ4v) is 3.19. The summed E-state index contributed by atoms with van der Waals surface area (Å²) in [5.41, 5.74) is 1.86. The monoisotopic (exact) mass is 376 g/mol. The first-order chi connectivity index (χ1) is 10.9. The van der Waals surface area contributed by atoms with Crippen molar-refractivity contribution in [1.82, 2.24) is 0 Å². The van der Waals surface area contributed by atoms with E-state index in [1.807, 2.05) is 6.92 Å². The van der Waals surface area contributed by atoms with E-state index in [0.717, 1.165) is 0 Å². The summed E-state index contributed by atoms with van der Waals surface area (Å²) in [4.78, 5) is 12.9. The molecular formula is C18H14BrFO3. The number of hydrogen-bond acceptors (Lipinski definition) is 3. The molecule has 0 fully saturated rings. The Labute approximate surface area is 140 Å². The van der Waals surface area contributed by atoms with Crippen molar-refractivity contribution in [2.75, 3.05) is 0 Å². The number of phenols is 1. The number of aryl methyl sites for hydroxylation is 2. The number of rotatable bonds is 3. The Morgan fingerprint density at radius 3 is 2.70 bits per heavy atom. The quantitative estimate of drug-likeness (QED) is 0.643. The lowest BCUT2D eigenvalue weighted by atomic mass is 9.98. The van der Waals surface area contributed by atoms with E-state index in [2.05, 4.69) is 15.9 Å². The largest absolute Gasteiger partial charge is 0.506 e. The highest BCUT2D eigenvalue weighted by Crippen LogP contribution is 2.33. The topological polar surface area (TPSA) is 50.4 Å². The Balaban J connectivity index is 2.23. The van der Waals surface area contributed by atoms with Gasteiger partial charge in [0.1, 0.15) is 22.9 Å². The Hall–Kier alpha value is -2.14. The summed E-state index contributed by atoms with van der Waals surface area (Å²) in [6.07, 6.45) is 0.523. The Kier molecular flexibility index (Phi) is 3.98. The predicted octanol–water partition coefficient (Wildman–Crippen LogP) is 5.14. The third kappa shape index (κ3) is 2.65. The van der Waals surface area contributed by atoms with Gasteiger partial charge in [-0.05, 0) is 58.7 Å². The summed E-state index contributed by atoms with van der Waals surface area (Å²) in [6, 6.07) is 7.31. The SMILES string of the molecule is CCc1oc2ccc(F)cc2c1C(=O)c1cc(C)c(O)c(Br)c1. The zero-order chi connectivity index (χ0) is 16.7. The van der Waals surface area contributed by atoms with Gasteiger partial charge < -0.3 is 9.52 Å². The van der Waals surface area contributed by atoms with Crippen molar-refractivity contribution >= 4 is 32.7 Å². The van der Waals surface area contributed by atoms with Crippen molar-refractivity contribution in [3.63, 3.8) is 0 Å². The molecule has 0 aliphatic carbocycles. The predicted molar refractivity (Wildman–Crippen MR) is 89.5 cm³/mol. The third-order valence-electron chi connectivity index (χ3n) is 3.79. The van der Waals surface area contributed by atoms with Gasteiger partial charge in [0.15, 0.2) is 5.78 Å². The number of furan rings is 1. The molecule has 0 aliphatic rings. The molecule has 0 saturated carbocycles. The molecule has 0 atom stereocenters. The summed E-state index contributed by atoms with van der Waals surface area (Å²) in [5, 5.41) is 10.3. The van der Waals surface area contributed by atoms with Crippen LogP contribution < -0.4 is 0 Å². The van der Waals surface area contributed by atoms with E-state index in [0.29, 0.717) is 44.3 Å². The molecule has 5 heteroatoms. The lowest BCUT2D eigenvalue weighted by molar-refractivity contribution is 0.103. The zero-order valence-electron chi connectivity index (χ0n) is 12.6. The normalized spacial score (nSPS) is 11.1. The molecule has 0 radical (unpaired) electrons. The molecule has 118 valence electrons. The molecule has 0 bridgehead atoms. The molecule has 23 heavy (non-hydrogen) atoms. The molecule has 0 aliphatic heterocycles. The van der Waals surface area contributed by atoms with E-state index < -0.39 is 5.82 Å². The number of aromatic hydroxyl groups is 1. The van der Waals surface area contributed by atoms with E-state index in [4.69, 9.17) is 4.42 Å². The molecule has 0 unspecified atom stereocenters. The van der Waals surface area contributed by atoms with Crippen LogP contribution in [0.4, 0.5) is 4.39 Å². The summed E-state index contributed by atoms with van der Waals surface area (Å²) in [6.45, 7) is 3.59. The maximum Gasteiger partial charge on any atom is 0.197 e. The van der Waals surface area contributed by atoms with E-state index in [1.54, 1.807) is 19.1 Å². The fraction of sp³-hybridized carbons (Fsp3) is 0.167. The first kappa shape index (κ1) is 15.7. The van der Waals surface area contributed by atoms with Crippen LogP contribution in [0, 0.1) is 12.7 Å². The molecule has 3 aromatic rings. The molecule has 0 saturated heterocycles. The molecule has 2 aromatic carbocycles. The van der Waals surface area contributed by atoms with E-state index in [-0.39, 0.29) is 11.5 Å². The molecular weight excluding hydrogens is 363 g/mol. The van der Waals surface area contributed by atoms with Crippen LogP contribution in [0.25, 0.3) is 11.0 Å².